The van der Waals surface area contributed by atoms with Crippen LogP contribution < -0.4 is 0 Å². The van der Waals surface area contributed by atoms with E-state index in [1.807, 2.05) is 5.01 Å². The number of aromatic nitrogens is 1. The van der Waals surface area contributed by atoms with Crippen molar-refractivity contribution in [2.45, 2.75) is 38.1 Å². The molecule has 26 heavy (non-hydrogen) atoms. The van der Waals surface area contributed by atoms with Crippen molar-refractivity contribution < 1.29 is 23.8 Å². The molecule has 0 saturated carbocycles. The van der Waals surface area contributed by atoms with Crippen LogP contribution in [0.15, 0.2) is 11.3 Å². The number of ether oxygens (including phenoxy) is 3. The molecule has 1 aliphatic heterocycles. The Labute approximate surface area is 153 Å². The highest BCUT2D eigenvalue weighted by Crippen LogP contribution is 2.20. The van der Waals surface area contributed by atoms with Crippen molar-refractivity contribution in [1.82, 2.24) is 9.99 Å². The van der Waals surface area contributed by atoms with Gasteiger partial charge in [0.15, 0.2) is 0 Å². The van der Waals surface area contributed by atoms with Crippen molar-refractivity contribution in [3.05, 3.63) is 23.0 Å². The number of methoxy groups -OCH3 is 3. The molecule has 1 atom stereocenters. The minimum Gasteiger partial charge on any atom is -0.469 e. The Bertz CT molecular complexity index is 641. The molecule has 2 heterocycles. The maximum atomic E-state index is 11.8. The van der Waals surface area contributed by atoms with E-state index in [1.54, 1.807) is 19.5 Å². The molecular weight excluding hydrogens is 338 g/mol. The fourth-order valence-electron chi connectivity index (χ4n) is 3.08. The number of hydrazone groups is 1. The number of H-pyrrole nitrogens is 1. The number of aryl methyl sites for hydroxylation is 1. The summed E-state index contributed by atoms with van der Waals surface area (Å²) in [6.07, 6.45) is 6.53. The fraction of sp³-hybridized carbons (Fsp3) is 0.611. The molecule has 144 valence electrons. The molecule has 8 heteroatoms. The third-order valence-electron chi connectivity index (χ3n) is 4.53. The Morgan fingerprint density at radius 3 is 2.77 bits per heavy atom. The van der Waals surface area contributed by atoms with Gasteiger partial charge in [0.2, 0.25) is 0 Å². The van der Waals surface area contributed by atoms with E-state index < -0.39 is 0 Å². The van der Waals surface area contributed by atoms with Crippen LogP contribution in [0.5, 0.6) is 0 Å². The number of hydrogen-bond donors (Lipinski definition) is 1. The topological polar surface area (TPSA) is 93.2 Å². The number of rotatable bonds is 9. The summed E-state index contributed by atoms with van der Waals surface area (Å²) >= 11 is 0. The van der Waals surface area contributed by atoms with Gasteiger partial charge in [-0.05, 0) is 30.4 Å². The summed E-state index contributed by atoms with van der Waals surface area (Å²) in [6, 6.07) is 0.272. The van der Waals surface area contributed by atoms with Crippen molar-refractivity contribution in [3.8, 4) is 0 Å². The second kappa shape index (κ2) is 9.96. The highest BCUT2D eigenvalue weighted by Gasteiger charge is 2.23. The maximum Gasteiger partial charge on any atom is 0.310 e. The second-order valence-electron chi connectivity index (χ2n) is 6.19. The van der Waals surface area contributed by atoms with Crippen LogP contribution >= 0.6 is 0 Å². The lowest BCUT2D eigenvalue weighted by Gasteiger charge is -2.20. The average Bonchev–Trinajstić information content (AvgIpc) is 3.25. The predicted molar refractivity (Wildman–Crippen MR) is 96.0 cm³/mol. The zero-order valence-corrected chi connectivity index (χ0v) is 15.6. The molecule has 0 unspecified atom stereocenters. The van der Waals surface area contributed by atoms with Crippen LogP contribution in [0.3, 0.4) is 0 Å². The normalized spacial score (nSPS) is 17.0. The summed E-state index contributed by atoms with van der Waals surface area (Å²) in [4.78, 5) is 26.3. The maximum absolute atomic E-state index is 11.8. The van der Waals surface area contributed by atoms with Crippen LogP contribution in [0.25, 0.3) is 0 Å². The van der Waals surface area contributed by atoms with Gasteiger partial charge in [-0.3, -0.25) is 14.6 Å². The molecule has 1 aliphatic rings. The van der Waals surface area contributed by atoms with Gasteiger partial charge in [-0.15, -0.1) is 0 Å². The standard InChI is InChI=1S/C18H27N3O5/c1-24-12-14-5-4-8-21(14)20-11-16-15(9-18(23)26-3)13(10-19-16)6-7-17(22)25-2/h10-11,14,19H,4-9,12H2,1-3H3/b20-11+/t14-/m0/s1. The first kappa shape index (κ1) is 20.0. The van der Waals surface area contributed by atoms with Crippen LogP contribution in [-0.2, 0) is 36.6 Å². The summed E-state index contributed by atoms with van der Waals surface area (Å²) in [7, 11) is 4.41. The van der Waals surface area contributed by atoms with Crippen LogP contribution in [0, 0.1) is 0 Å². The van der Waals surface area contributed by atoms with Gasteiger partial charge in [-0.25, -0.2) is 0 Å². The molecule has 0 spiro atoms. The lowest BCUT2D eigenvalue weighted by atomic mass is 10.0. The minimum absolute atomic E-state index is 0.124. The van der Waals surface area contributed by atoms with Crippen LogP contribution in [0.4, 0.5) is 0 Å². The molecule has 0 aromatic carbocycles. The molecule has 0 bridgehead atoms. The summed E-state index contributed by atoms with van der Waals surface area (Å²) in [6.45, 7) is 1.52. The zero-order chi connectivity index (χ0) is 18.9. The molecule has 1 N–H and O–H groups in total. The van der Waals surface area contributed by atoms with E-state index in [0.29, 0.717) is 13.0 Å². The SMILES string of the molecule is COC[C@@H]1CCCN1/N=C/c1[nH]cc(CCC(=O)OC)c1CC(=O)OC. The summed E-state index contributed by atoms with van der Waals surface area (Å²) < 4.78 is 14.7. The summed E-state index contributed by atoms with van der Waals surface area (Å²) in [5.41, 5.74) is 2.43. The first-order chi connectivity index (χ1) is 12.6. The van der Waals surface area contributed by atoms with Gasteiger partial charge in [-0.1, -0.05) is 0 Å². The number of hydrogen-bond acceptors (Lipinski definition) is 7. The second-order valence-corrected chi connectivity index (χ2v) is 6.19. The van der Waals surface area contributed by atoms with Gasteiger partial charge in [0.1, 0.15) is 0 Å². The third-order valence-corrected chi connectivity index (χ3v) is 4.53. The zero-order valence-electron chi connectivity index (χ0n) is 15.6. The largest absolute Gasteiger partial charge is 0.469 e. The molecule has 1 aromatic heterocycles. The van der Waals surface area contributed by atoms with Gasteiger partial charge in [0.25, 0.3) is 0 Å². The Morgan fingerprint density at radius 1 is 1.31 bits per heavy atom. The highest BCUT2D eigenvalue weighted by molar-refractivity contribution is 5.84. The number of nitrogens with zero attached hydrogens (tertiary/aromatic N) is 2. The molecule has 0 aliphatic carbocycles. The number of carbonyl (C=O) groups excluding carboxylic acids is 2. The predicted octanol–water partition coefficient (Wildman–Crippen LogP) is 1.28. The Morgan fingerprint density at radius 2 is 2.08 bits per heavy atom. The molecule has 1 aromatic rings. The van der Waals surface area contributed by atoms with E-state index in [0.717, 1.165) is 36.2 Å². The number of esters is 2. The van der Waals surface area contributed by atoms with Crippen molar-refractivity contribution in [3.63, 3.8) is 0 Å². The highest BCUT2D eigenvalue weighted by atomic mass is 16.5. The smallest absolute Gasteiger partial charge is 0.310 e. The first-order valence-corrected chi connectivity index (χ1v) is 8.71. The molecule has 8 nitrogen and oxygen atoms in total. The fourth-order valence-corrected chi connectivity index (χ4v) is 3.08. The lowest BCUT2D eigenvalue weighted by molar-refractivity contribution is -0.140. The van der Waals surface area contributed by atoms with E-state index in [2.05, 4.69) is 14.8 Å². The lowest BCUT2D eigenvalue weighted by Crippen LogP contribution is -2.28. The van der Waals surface area contributed by atoms with E-state index in [-0.39, 0.29) is 30.8 Å². The molecular formula is C18H27N3O5. The van der Waals surface area contributed by atoms with Crippen molar-refractivity contribution in [2.24, 2.45) is 5.10 Å². The number of nitrogens with one attached hydrogen (secondary N) is 1. The van der Waals surface area contributed by atoms with Crippen molar-refractivity contribution >= 4 is 18.2 Å². The van der Waals surface area contributed by atoms with Crippen LogP contribution in [-0.4, -0.2) is 68.7 Å². The molecule has 1 fully saturated rings. The Kier molecular flexibility index (Phi) is 7.65. The average molecular weight is 365 g/mol. The first-order valence-electron chi connectivity index (χ1n) is 8.71. The monoisotopic (exact) mass is 365 g/mol. The third kappa shape index (κ3) is 5.32. The van der Waals surface area contributed by atoms with Gasteiger partial charge in [0.05, 0.1) is 45.2 Å². The molecule has 2 rings (SSSR count). The molecule has 1 saturated heterocycles. The van der Waals surface area contributed by atoms with Gasteiger partial charge in [-0.2, -0.15) is 5.10 Å². The number of carbonyl (C=O) groups is 2. The summed E-state index contributed by atoms with van der Waals surface area (Å²) in [5.74, 6) is -0.623. The number of aromatic amines is 1. The quantitative estimate of drug-likeness (QED) is 0.523. The van der Waals surface area contributed by atoms with E-state index in [4.69, 9.17) is 9.47 Å². The van der Waals surface area contributed by atoms with E-state index in [9.17, 15) is 9.59 Å². The Balaban J connectivity index is 2.15. The van der Waals surface area contributed by atoms with Crippen molar-refractivity contribution in [2.75, 3.05) is 34.5 Å². The van der Waals surface area contributed by atoms with Gasteiger partial charge < -0.3 is 19.2 Å². The van der Waals surface area contributed by atoms with Crippen molar-refractivity contribution in [1.29, 1.82) is 0 Å². The molecule has 0 radical (unpaired) electrons. The van der Waals surface area contributed by atoms with E-state index in [1.165, 1.54) is 14.2 Å². The van der Waals surface area contributed by atoms with Crippen LogP contribution in [0.1, 0.15) is 36.1 Å². The Hall–Kier alpha value is -2.35. The van der Waals surface area contributed by atoms with Crippen LogP contribution in [0.2, 0.25) is 0 Å². The molecule has 0 amide bonds. The summed E-state index contributed by atoms with van der Waals surface area (Å²) in [5, 5.41) is 6.58. The van der Waals surface area contributed by atoms with Gasteiger partial charge >= 0.3 is 11.9 Å². The van der Waals surface area contributed by atoms with E-state index >= 15 is 0 Å². The van der Waals surface area contributed by atoms with Gasteiger partial charge in [0, 0.05) is 26.3 Å². The minimum atomic E-state index is -0.336.